The van der Waals surface area contributed by atoms with Crippen LogP contribution in [-0.4, -0.2) is 18.0 Å². The van der Waals surface area contributed by atoms with Gasteiger partial charge in [0, 0.05) is 21.3 Å². The van der Waals surface area contributed by atoms with Crippen LogP contribution in [0.25, 0.3) is 11.3 Å². The van der Waals surface area contributed by atoms with Crippen LogP contribution in [0.1, 0.15) is 28.6 Å². The monoisotopic (exact) mass is 439 g/mol. The van der Waals surface area contributed by atoms with Crippen molar-refractivity contribution in [2.45, 2.75) is 13.8 Å². The first-order chi connectivity index (χ1) is 13.4. The lowest BCUT2D eigenvalue weighted by atomic mass is 10.1. The fourth-order valence-electron chi connectivity index (χ4n) is 2.48. The molecular weight excluding hydrogens is 422 g/mol. The van der Waals surface area contributed by atoms with Crippen LogP contribution < -0.4 is 10.7 Å². The number of amides is 2. The lowest BCUT2D eigenvalue weighted by Crippen LogP contribution is -2.24. The number of anilines is 1. The normalized spacial score (nSPS) is 10.8. The van der Waals surface area contributed by atoms with Crippen molar-refractivity contribution in [1.29, 1.82) is 0 Å². The van der Waals surface area contributed by atoms with Gasteiger partial charge in [0.15, 0.2) is 5.78 Å². The first kappa shape index (κ1) is 19.6. The van der Waals surface area contributed by atoms with Crippen molar-refractivity contribution in [3.63, 3.8) is 0 Å². The minimum absolute atomic E-state index is 0.0152. The van der Waals surface area contributed by atoms with E-state index in [1.54, 1.807) is 30.3 Å². The maximum absolute atomic E-state index is 11.9. The van der Waals surface area contributed by atoms with Gasteiger partial charge in [-0.15, -0.1) is 0 Å². The fraction of sp³-hybridized carbons (Fsp3) is 0.0952. The Bertz CT molecular complexity index is 1040. The fourth-order valence-corrected chi connectivity index (χ4v) is 2.73. The molecule has 6 nitrogen and oxygen atoms in total. The molecule has 28 heavy (non-hydrogen) atoms. The zero-order chi connectivity index (χ0) is 20.1. The number of carbonyl (C=O) groups is 2. The molecule has 2 N–H and O–H groups in total. The molecular formula is C21H18BrN3O3. The van der Waals surface area contributed by atoms with E-state index in [1.807, 2.05) is 31.2 Å². The van der Waals surface area contributed by atoms with Gasteiger partial charge in [-0.3, -0.25) is 4.79 Å². The number of aryl methyl sites for hydroxylation is 1. The zero-order valence-corrected chi connectivity index (χ0v) is 16.9. The second kappa shape index (κ2) is 8.67. The van der Waals surface area contributed by atoms with E-state index >= 15 is 0 Å². The summed E-state index contributed by atoms with van der Waals surface area (Å²) in [7, 11) is 0. The number of hydrogen-bond donors (Lipinski definition) is 2. The summed E-state index contributed by atoms with van der Waals surface area (Å²) in [5.41, 5.74) is 5.57. The number of Topliss-reactive ketones (excluding diaryl/α,β-unsaturated/α-hetero) is 1. The van der Waals surface area contributed by atoms with E-state index in [0.29, 0.717) is 22.8 Å². The van der Waals surface area contributed by atoms with Gasteiger partial charge in [-0.05, 0) is 49.7 Å². The first-order valence-corrected chi connectivity index (χ1v) is 9.29. The molecule has 0 spiro atoms. The summed E-state index contributed by atoms with van der Waals surface area (Å²) < 4.78 is 6.66. The Morgan fingerprint density at radius 2 is 1.82 bits per heavy atom. The first-order valence-electron chi connectivity index (χ1n) is 8.50. The van der Waals surface area contributed by atoms with Crippen LogP contribution in [0.15, 0.2) is 68.6 Å². The number of hydrogen-bond acceptors (Lipinski definition) is 4. The van der Waals surface area contributed by atoms with Crippen LogP contribution in [-0.2, 0) is 0 Å². The quantitative estimate of drug-likeness (QED) is 0.318. The second-order valence-electron chi connectivity index (χ2n) is 6.12. The lowest BCUT2D eigenvalue weighted by Gasteiger charge is -2.05. The molecule has 0 saturated carbocycles. The van der Waals surface area contributed by atoms with Crippen molar-refractivity contribution >= 4 is 39.6 Å². The third-order valence-electron chi connectivity index (χ3n) is 3.98. The summed E-state index contributed by atoms with van der Waals surface area (Å²) in [5, 5.41) is 6.59. The van der Waals surface area contributed by atoms with E-state index in [0.717, 1.165) is 15.6 Å². The number of halogens is 1. The highest BCUT2D eigenvalue weighted by molar-refractivity contribution is 9.10. The average Bonchev–Trinajstić information content (AvgIpc) is 3.14. The van der Waals surface area contributed by atoms with Crippen molar-refractivity contribution in [2.24, 2.45) is 5.10 Å². The molecule has 0 aliphatic carbocycles. The maximum Gasteiger partial charge on any atom is 0.339 e. The number of ketones is 1. The molecule has 7 heteroatoms. The minimum Gasteiger partial charge on any atom is -0.455 e. The molecule has 0 radical (unpaired) electrons. The molecule has 0 aliphatic heterocycles. The lowest BCUT2D eigenvalue weighted by molar-refractivity contribution is 0.101. The Labute approximate surface area is 170 Å². The number of nitrogens with zero attached hydrogens (tertiary/aromatic N) is 1. The van der Waals surface area contributed by atoms with Gasteiger partial charge in [-0.1, -0.05) is 40.2 Å². The van der Waals surface area contributed by atoms with Gasteiger partial charge in [-0.25, -0.2) is 10.2 Å². The summed E-state index contributed by atoms with van der Waals surface area (Å²) in [5.74, 6) is 1.15. The smallest absolute Gasteiger partial charge is 0.339 e. The van der Waals surface area contributed by atoms with Crippen LogP contribution in [0.5, 0.6) is 0 Å². The standard InChI is InChI=1S/C21H18BrN3O3/c1-13-11-17(7-9-19(13)22)24-21(27)25-23-12-18-8-10-20(28-18)16-5-3-15(4-6-16)14(2)26/h3-12H,1-2H3,(H2,24,25,27)/b23-12+. The largest absolute Gasteiger partial charge is 0.455 e. The van der Waals surface area contributed by atoms with E-state index in [4.69, 9.17) is 4.42 Å². The Morgan fingerprint density at radius 1 is 1.07 bits per heavy atom. The van der Waals surface area contributed by atoms with Crippen LogP contribution in [0.2, 0.25) is 0 Å². The zero-order valence-electron chi connectivity index (χ0n) is 15.3. The summed E-state index contributed by atoms with van der Waals surface area (Å²) in [6, 6.07) is 15.7. The Hall–Kier alpha value is -3.19. The number of carbonyl (C=O) groups excluding carboxylic acids is 2. The summed E-state index contributed by atoms with van der Waals surface area (Å²) in [4.78, 5) is 23.2. The Balaban J connectivity index is 1.58. The molecule has 142 valence electrons. The van der Waals surface area contributed by atoms with Gasteiger partial charge in [0.2, 0.25) is 0 Å². The molecule has 2 amide bonds. The maximum atomic E-state index is 11.9. The Kier molecular flexibility index (Phi) is 6.06. The molecule has 0 atom stereocenters. The van der Waals surface area contributed by atoms with Crippen molar-refractivity contribution in [2.75, 3.05) is 5.32 Å². The second-order valence-corrected chi connectivity index (χ2v) is 6.98. The van der Waals surface area contributed by atoms with Gasteiger partial charge in [0.1, 0.15) is 11.5 Å². The van der Waals surface area contributed by atoms with Gasteiger partial charge >= 0.3 is 6.03 Å². The molecule has 1 aromatic heterocycles. The van der Waals surface area contributed by atoms with E-state index in [9.17, 15) is 9.59 Å². The summed E-state index contributed by atoms with van der Waals surface area (Å²) in [6.07, 6.45) is 1.42. The van der Waals surface area contributed by atoms with Crippen LogP contribution in [0, 0.1) is 6.92 Å². The van der Waals surface area contributed by atoms with E-state index < -0.39 is 6.03 Å². The van der Waals surface area contributed by atoms with Crippen molar-refractivity contribution in [3.8, 4) is 11.3 Å². The Morgan fingerprint density at radius 3 is 2.50 bits per heavy atom. The predicted octanol–water partition coefficient (Wildman–Crippen LogP) is 5.38. The number of nitrogens with one attached hydrogen (secondary N) is 2. The number of hydrazone groups is 1. The topological polar surface area (TPSA) is 83.7 Å². The third kappa shape index (κ3) is 4.95. The van der Waals surface area contributed by atoms with Gasteiger partial charge in [0.25, 0.3) is 0 Å². The molecule has 2 aromatic carbocycles. The number of urea groups is 1. The highest BCUT2D eigenvalue weighted by Crippen LogP contribution is 2.22. The molecule has 0 bridgehead atoms. The SMILES string of the molecule is CC(=O)c1ccc(-c2ccc(/C=N/NC(=O)Nc3ccc(Br)c(C)c3)o2)cc1. The van der Waals surface area contributed by atoms with Crippen LogP contribution in [0.4, 0.5) is 10.5 Å². The molecule has 0 aliphatic rings. The number of furan rings is 1. The average molecular weight is 440 g/mol. The summed E-state index contributed by atoms with van der Waals surface area (Å²) >= 11 is 3.41. The van der Waals surface area contributed by atoms with Crippen LogP contribution >= 0.6 is 15.9 Å². The van der Waals surface area contributed by atoms with Crippen LogP contribution in [0.3, 0.4) is 0 Å². The van der Waals surface area contributed by atoms with E-state index in [1.165, 1.54) is 13.1 Å². The number of benzene rings is 2. The molecule has 0 unspecified atom stereocenters. The highest BCUT2D eigenvalue weighted by atomic mass is 79.9. The van der Waals surface area contributed by atoms with Gasteiger partial charge in [-0.2, -0.15) is 5.10 Å². The molecule has 0 saturated heterocycles. The van der Waals surface area contributed by atoms with Crippen molar-refractivity contribution in [1.82, 2.24) is 5.43 Å². The molecule has 3 rings (SSSR count). The predicted molar refractivity (Wildman–Crippen MR) is 113 cm³/mol. The van der Waals surface area contributed by atoms with Gasteiger partial charge in [0.05, 0.1) is 6.21 Å². The molecule has 1 heterocycles. The summed E-state index contributed by atoms with van der Waals surface area (Å²) in [6.45, 7) is 3.46. The number of rotatable bonds is 5. The van der Waals surface area contributed by atoms with Gasteiger partial charge < -0.3 is 9.73 Å². The molecule has 0 fully saturated rings. The van der Waals surface area contributed by atoms with E-state index in [2.05, 4.69) is 31.8 Å². The third-order valence-corrected chi connectivity index (χ3v) is 4.87. The van der Waals surface area contributed by atoms with Crippen molar-refractivity contribution < 1.29 is 14.0 Å². The van der Waals surface area contributed by atoms with E-state index in [-0.39, 0.29) is 5.78 Å². The highest BCUT2D eigenvalue weighted by Gasteiger charge is 2.06. The van der Waals surface area contributed by atoms with Crippen molar-refractivity contribution in [3.05, 3.63) is 76.0 Å². The minimum atomic E-state index is -0.454. The molecule has 3 aromatic rings.